The topological polar surface area (TPSA) is 26.3 Å². The Morgan fingerprint density at radius 2 is 1.39 bits per heavy atom. The van der Waals surface area contributed by atoms with Gasteiger partial charge in [-0.2, -0.15) is 0 Å². The largest absolute Gasteiger partial charge is 0.461 e. The Kier molecular flexibility index (Phi) is 6.00. The second-order valence-corrected chi connectivity index (χ2v) is 6.45. The maximum absolute atomic E-state index is 11.6. The van der Waals surface area contributed by atoms with Crippen LogP contribution in [0.25, 0.3) is 0 Å². The van der Waals surface area contributed by atoms with Gasteiger partial charge in [-0.05, 0) is 37.5 Å². The zero-order valence-electron chi connectivity index (χ0n) is 11.2. The van der Waals surface area contributed by atoms with E-state index < -0.39 is 0 Å². The molecule has 2 aliphatic carbocycles. The number of hydrogen-bond donors (Lipinski definition) is 0. The average molecular weight is 317 g/mol. The van der Waals surface area contributed by atoms with Gasteiger partial charge in [0, 0.05) is 0 Å². The molecule has 2 aliphatic rings. The molecule has 0 heterocycles. The third-order valence-electron chi connectivity index (χ3n) is 4.61. The van der Waals surface area contributed by atoms with E-state index in [-0.39, 0.29) is 12.1 Å². The molecule has 0 aliphatic heterocycles. The lowest BCUT2D eigenvalue weighted by molar-refractivity contribution is -0.153. The first-order chi connectivity index (χ1) is 8.81. The van der Waals surface area contributed by atoms with Crippen LogP contribution in [-0.2, 0) is 9.53 Å². The Balaban J connectivity index is 1.97. The number of carbonyl (C=O) groups excluding carboxylic acids is 1. The minimum Gasteiger partial charge on any atom is -0.461 e. The molecule has 0 aromatic heterocycles. The van der Waals surface area contributed by atoms with Gasteiger partial charge in [0.05, 0.1) is 0 Å². The van der Waals surface area contributed by atoms with Crippen LogP contribution in [0.2, 0.25) is 0 Å². The van der Waals surface area contributed by atoms with Crippen LogP contribution in [0.15, 0.2) is 0 Å². The number of alkyl halides is 1. The molecule has 0 aromatic carbocycles. The fraction of sp³-hybridized carbons (Fsp3) is 0.933. The maximum Gasteiger partial charge on any atom is 0.316 e. The zero-order chi connectivity index (χ0) is 12.8. The summed E-state index contributed by atoms with van der Waals surface area (Å²) in [7, 11) is 0. The van der Waals surface area contributed by atoms with Crippen LogP contribution in [0.5, 0.6) is 0 Å². The fourth-order valence-corrected chi connectivity index (χ4v) is 3.82. The average Bonchev–Trinajstić information content (AvgIpc) is 2.46. The number of hydrogen-bond acceptors (Lipinski definition) is 2. The molecule has 2 nitrogen and oxygen atoms in total. The van der Waals surface area contributed by atoms with Crippen LogP contribution >= 0.6 is 15.9 Å². The molecule has 0 saturated heterocycles. The predicted molar refractivity (Wildman–Crippen MR) is 76.8 cm³/mol. The molecule has 0 spiro atoms. The minimum absolute atomic E-state index is 0.0730. The van der Waals surface area contributed by atoms with Gasteiger partial charge in [-0.25, -0.2) is 0 Å². The highest BCUT2D eigenvalue weighted by atomic mass is 79.9. The van der Waals surface area contributed by atoms with E-state index >= 15 is 0 Å². The van der Waals surface area contributed by atoms with Gasteiger partial charge < -0.3 is 4.74 Å². The Morgan fingerprint density at radius 3 is 1.78 bits per heavy atom. The molecular formula is C15H25BrO2. The third kappa shape index (κ3) is 3.97. The van der Waals surface area contributed by atoms with Gasteiger partial charge in [0.15, 0.2) is 0 Å². The molecule has 0 amide bonds. The lowest BCUT2D eigenvalue weighted by Gasteiger charge is -2.37. The number of halogens is 1. The lowest BCUT2D eigenvalue weighted by Crippen LogP contribution is -2.36. The second kappa shape index (κ2) is 7.52. The van der Waals surface area contributed by atoms with Crippen LogP contribution < -0.4 is 0 Å². The van der Waals surface area contributed by atoms with Gasteiger partial charge in [0.2, 0.25) is 0 Å². The van der Waals surface area contributed by atoms with Crippen molar-refractivity contribution in [3.63, 3.8) is 0 Å². The Labute approximate surface area is 119 Å². The summed E-state index contributed by atoms with van der Waals surface area (Å²) in [4.78, 5) is 11.6. The number of rotatable bonds is 4. The van der Waals surface area contributed by atoms with Crippen LogP contribution in [0.4, 0.5) is 0 Å². The van der Waals surface area contributed by atoms with E-state index in [4.69, 9.17) is 4.74 Å². The van der Waals surface area contributed by atoms with E-state index in [0.717, 1.165) is 0 Å². The molecule has 2 fully saturated rings. The van der Waals surface area contributed by atoms with Crippen molar-refractivity contribution in [1.82, 2.24) is 0 Å². The van der Waals surface area contributed by atoms with E-state index in [2.05, 4.69) is 15.9 Å². The van der Waals surface area contributed by atoms with Gasteiger partial charge in [-0.1, -0.05) is 54.5 Å². The van der Waals surface area contributed by atoms with E-state index in [1.807, 2.05) is 0 Å². The highest BCUT2D eigenvalue weighted by molar-refractivity contribution is 9.09. The first-order valence-electron chi connectivity index (χ1n) is 7.56. The minimum atomic E-state index is -0.0730. The third-order valence-corrected chi connectivity index (χ3v) is 5.06. The standard InChI is InChI=1S/C15H25BrO2/c16-11-14(17)18-15(12-7-3-1-4-8-12)13-9-5-2-6-10-13/h12-13,15H,1-11H2. The highest BCUT2D eigenvalue weighted by Gasteiger charge is 2.34. The summed E-state index contributed by atoms with van der Waals surface area (Å²) >= 11 is 3.22. The Morgan fingerprint density at radius 1 is 0.944 bits per heavy atom. The van der Waals surface area contributed by atoms with Crippen LogP contribution in [-0.4, -0.2) is 17.4 Å². The van der Waals surface area contributed by atoms with Crippen molar-refractivity contribution in [2.75, 3.05) is 5.33 Å². The van der Waals surface area contributed by atoms with Crippen molar-refractivity contribution in [2.45, 2.75) is 70.3 Å². The molecule has 0 radical (unpaired) electrons. The molecule has 0 aromatic rings. The fourth-order valence-electron chi connectivity index (χ4n) is 3.69. The highest BCUT2D eigenvalue weighted by Crippen LogP contribution is 2.37. The summed E-state index contributed by atoms with van der Waals surface area (Å²) in [6.07, 6.45) is 13.2. The van der Waals surface area contributed by atoms with E-state index in [1.165, 1.54) is 64.2 Å². The van der Waals surface area contributed by atoms with E-state index in [9.17, 15) is 4.79 Å². The number of esters is 1. The van der Waals surface area contributed by atoms with Crippen molar-refractivity contribution in [3.05, 3.63) is 0 Å². The summed E-state index contributed by atoms with van der Waals surface area (Å²) in [6.45, 7) is 0. The first-order valence-corrected chi connectivity index (χ1v) is 8.69. The quantitative estimate of drug-likeness (QED) is 0.565. The molecule has 3 heteroatoms. The van der Waals surface area contributed by atoms with Crippen LogP contribution in [0, 0.1) is 11.8 Å². The summed E-state index contributed by atoms with van der Waals surface area (Å²) in [6, 6.07) is 0. The van der Waals surface area contributed by atoms with E-state index in [1.54, 1.807) is 0 Å². The van der Waals surface area contributed by atoms with Gasteiger partial charge in [-0.3, -0.25) is 4.79 Å². The molecule has 2 saturated carbocycles. The number of ether oxygens (including phenoxy) is 1. The molecule has 0 bridgehead atoms. The molecular weight excluding hydrogens is 292 g/mol. The zero-order valence-corrected chi connectivity index (χ0v) is 12.8. The summed E-state index contributed by atoms with van der Waals surface area (Å²) < 4.78 is 5.79. The molecule has 18 heavy (non-hydrogen) atoms. The van der Waals surface area contributed by atoms with Crippen molar-refractivity contribution >= 4 is 21.9 Å². The molecule has 0 unspecified atom stereocenters. The second-order valence-electron chi connectivity index (χ2n) is 5.88. The monoisotopic (exact) mass is 316 g/mol. The van der Waals surface area contributed by atoms with Gasteiger partial charge >= 0.3 is 5.97 Å². The molecule has 0 N–H and O–H groups in total. The van der Waals surface area contributed by atoms with Crippen molar-refractivity contribution in [3.8, 4) is 0 Å². The van der Waals surface area contributed by atoms with E-state index in [0.29, 0.717) is 17.2 Å². The van der Waals surface area contributed by atoms with Crippen LogP contribution in [0.1, 0.15) is 64.2 Å². The number of carbonyl (C=O) groups is 1. The first kappa shape index (κ1) is 14.4. The van der Waals surface area contributed by atoms with Crippen molar-refractivity contribution in [1.29, 1.82) is 0 Å². The predicted octanol–water partition coefficient (Wildman–Crippen LogP) is 4.45. The van der Waals surface area contributed by atoms with Crippen molar-refractivity contribution in [2.24, 2.45) is 11.8 Å². The summed E-state index contributed by atoms with van der Waals surface area (Å²) in [5, 5.41) is 0.336. The van der Waals surface area contributed by atoms with Crippen LogP contribution in [0.3, 0.4) is 0 Å². The maximum atomic E-state index is 11.6. The van der Waals surface area contributed by atoms with Gasteiger partial charge in [0.1, 0.15) is 11.4 Å². The lowest BCUT2D eigenvalue weighted by atomic mass is 9.75. The van der Waals surface area contributed by atoms with Gasteiger partial charge in [-0.15, -0.1) is 0 Å². The smallest absolute Gasteiger partial charge is 0.316 e. The summed E-state index contributed by atoms with van der Waals surface area (Å²) in [5.74, 6) is 1.19. The molecule has 0 atom stereocenters. The Hall–Kier alpha value is -0.0500. The summed E-state index contributed by atoms with van der Waals surface area (Å²) in [5.41, 5.74) is 0. The Bertz CT molecular complexity index is 237. The SMILES string of the molecule is O=C(CBr)OC(C1CCCCC1)C1CCCCC1. The van der Waals surface area contributed by atoms with Gasteiger partial charge in [0.25, 0.3) is 0 Å². The molecule has 104 valence electrons. The normalized spacial score (nSPS) is 23.2. The molecule has 2 rings (SSSR count). The van der Waals surface area contributed by atoms with Crippen molar-refractivity contribution < 1.29 is 9.53 Å².